The Bertz CT molecular complexity index is 774. The SMILES string of the molecule is Cc1nc(C(=O)Nc2ccc(F)cc2F)cc(N2CCCCCC2)n1. The molecule has 1 aliphatic heterocycles. The van der Waals surface area contributed by atoms with Crippen LogP contribution in [0.3, 0.4) is 0 Å². The lowest BCUT2D eigenvalue weighted by Gasteiger charge is -2.22. The van der Waals surface area contributed by atoms with Gasteiger partial charge in [0.05, 0.1) is 5.69 Å². The summed E-state index contributed by atoms with van der Waals surface area (Å²) >= 11 is 0. The van der Waals surface area contributed by atoms with E-state index in [1.807, 2.05) is 0 Å². The van der Waals surface area contributed by atoms with Crippen molar-refractivity contribution in [3.63, 3.8) is 0 Å². The summed E-state index contributed by atoms with van der Waals surface area (Å²) in [5.41, 5.74) is 0.0782. The first kappa shape index (κ1) is 17.3. The maximum atomic E-state index is 13.7. The predicted octanol–water partition coefficient (Wildman–Crippen LogP) is 3.70. The molecular weight excluding hydrogens is 326 g/mol. The topological polar surface area (TPSA) is 58.1 Å². The molecule has 1 saturated heterocycles. The summed E-state index contributed by atoms with van der Waals surface area (Å²) in [5, 5.41) is 2.43. The number of amides is 1. The molecule has 1 N–H and O–H groups in total. The van der Waals surface area contributed by atoms with Gasteiger partial charge in [0.25, 0.3) is 5.91 Å². The number of benzene rings is 1. The van der Waals surface area contributed by atoms with Gasteiger partial charge in [-0.2, -0.15) is 0 Å². The van der Waals surface area contributed by atoms with Crippen molar-refractivity contribution < 1.29 is 13.6 Å². The molecule has 0 unspecified atom stereocenters. The van der Waals surface area contributed by atoms with Crippen molar-refractivity contribution in [1.82, 2.24) is 9.97 Å². The molecule has 7 heteroatoms. The minimum Gasteiger partial charge on any atom is -0.356 e. The van der Waals surface area contributed by atoms with Crippen LogP contribution in [-0.4, -0.2) is 29.0 Å². The zero-order valence-electron chi connectivity index (χ0n) is 14.1. The van der Waals surface area contributed by atoms with Gasteiger partial charge in [0, 0.05) is 25.2 Å². The van der Waals surface area contributed by atoms with Gasteiger partial charge in [0.15, 0.2) is 0 Å². The average molecular weight is 346 g/mol. The van der Waals surface area contributed by atoms with E-state index >= 15 is 0 Å². The van der Waals surface area contributed by atoms with Crippen molar-refractivity contribution in [2.24, 2.45) is 0 Å². The number of rotatable bonds is 3. The molecule has 132 valence electrons. The number of nitrogens with zero attached hydrogens (tertiary/aromatic N) is 3. The van der Waals surface area contributed by atoms with E-state index in [9.17, 15) is 13.6 Å². The van der Waals surface area contributed by atoms with E-state index in [4.69, 9.17) is 0 Å². The Hall–Kier alpha value is -2.57. The van der Waals surface area contributed by atoms with Crippen LogP contribution in [0.5, 0.6) is 0 Å². The zero-order chi connectivity index (χ0) is 17.8. The lowest BCUT2D eigenvalue weighted by molar-refractivity contribution is 0.102. The highest BCUT2D eigenvalue weighted by Crippen LogP contribution is 2.20. The molecule has 5 nitrogen and oxygen atoms in total. The highest BCUT2D eigenvalue weighted by Gasteiger charge is 2.17. The van der Waals surface area contributed by atoms with E-state index in [-0.39, 0.29) is 11.4 Å². The van der Waals surface area contributed by atoms with E-state index < -0.39 is 17.5 Å². The van der Waals surface area contributed by atoms with Crippen LogP contribution in [0, 0.1) is 18.6 Å². The molecule has 2 heterocycles. The fourth-order valence-corrected chi connectivity index (χ4v) is 2.91. The molecule has 1 fully saturated rings. The Labute approximate surface area is 145 Å². The smallest absolute Gasteiger partial charge is 0.274 e. The Kier molecular flexibility index (Phi) is 5.21. The minimum atomic E-state index is -0.827. The van der Waals surface area contributed by atoms with E-state index in [0.717, 1.165) is 38.1 Å². The largest absolute Gasteiger partial charge is 0.356 e. The number of nitrogens with one attached hydrogen (secondary N) is 1. The second kappa shape index (κ2) is 7.55. The number of carbonyl (C=O) groups excluding carboxylic acids is 1. The van der Waals surface area contributed by atoms with Crippen LogP contribution >= 0.6 is 0 Å². The highest BCUT2D eigenvalue weighted by molar-refractivity contribution is 6.03. The molecule has 25 heavy (non-hydrogen) atoms. The summed E-state index contributed by atoms with van der Waals surface area (Å²) in [5.74, 6) is -0.888. The van der Waals surface area contributed by atoms with Gasteiger partial charge in [-0.25, -0.2) is 18.7 Å². The van der Waals surface area contributed by atoms with Crippen LogP contribution in [0.25, 0.3) is 0 Å². The summed E-state index contributed by atoms with van der Waals surface area (Å²) in [6, 6.07) is 4.62. The zero-order valence-corrected chi connectivity index (χ0v) is 14.1. The van der Waals surface area contributed by atoms with Crippen molar-refractivity contribution in [3.8, 4) is 0 Å². The molecule has 2 aromatic rings. The summed E-state index contributed by atoms with van der Waals surface area (Å²) in [4.78, 5) is 23.2. The molecule has 1 aliphatic rings. The van der Waals surface area contributed by atoms with Crippen LogP contribution < -0.4 is 10.2 Å². The van der Waals surface area contributed by atoms with Crippen LogP contribution in [0.2, 0.25) is 0 Å². The molecular formula is C18H20F2N4O. The third-order valence-corrected chi connectivity index (χ3v) is 4.17. The summed E-state index contributed by atoms with van der Waals surface area (Å²) in [6.07, 6.45) is 4.56. The minimum absolute atomic E-state index is 0.0843. The third-order valence-electron chi connectivity index (χ3n) is 4.17. The maximum Gasteiger partial charge on any atom is 0.274 e. The number of aryl methyl sites for hydroxylation is 1. The first-order valence-electron chi connectivity index (χ1n) is 8.40. The number of hydrogen-bond acceptors (Lipinski definition) is 4. The molecule has 0 saturated carbocycles. The van der Waals surface area contributed by atoms with Crippen molar-refractivity contribution in [2.45, 2.75) is 32.6 Å². The number of halogens is 2. The number of carbonyl (C=O) groups is 1. The van der Waals surface area contributed by atoms with Gasteiger partial charge in [-0.1, -0.05) is 12.8 Å². The Morgan fingerprint density at radius 3 is 2.48 bits per heavy atom. The van der Waals surface area contributed by atoms with Crippen molar-refractivity contribution in [1.29, 1.82) is 0 Å². The average Bonchev–Trinajstić information content (AvgIpc) is 2.86. The van der Waals surface area contributed by atoms with E-state index in [2.05, 4.69) is 20.2 Å². The van der Waals surface area contributed by atoms with E-state index in [1.54, 1.807) is 13.0 Å². The molecule has 3 rings (SSSR count). The Balaban J connectivity index is 1.82. The van der Waals surface area contributed by atoms with Crippen molar-refractivity contribution in [3.05, 3.63) is 47.4 Å². The Morgan fingerprint density at radius 1 is 1.08 bits per heavy atom. The monoisotopic (exact) mass is 346 g/mol. The molecule has 0 bridgehead atoms. The van der Waals surface area contributed by atoms with Gasteiger partial charge in [-0.05, 0) is 31.9 Å². The van der Waals surface area contributed by atoms with Crippen molar-refractivity contribution in [2.75, 3.05) is 23.3 Å². The molecule has 0 atom stereocenters. The van der Waals surface area contributed by atoms with Gasteiger partial charge in [-0.3, -0.25) is 4.79 Å². The summed E-state index contributed by atoms with van der Waals surface area (Å²) < 4.78 is 26.7. The number of anilines is 2. The Morgan fingerprint density at radius 2 is 1.80 bits per heavy atom. The quantitative estimate of drug-likeness (QED) is 0.921. The summed E-state index contributed by atoms with van der Waals surface area (Å²) in [6.45, 7) is 3.50. The van der Waals surface area contributed by atoms with Crippen molar-refractivity contribution >= 4 is 17.4 Å². The number of hydrogen-bond donors (Lipinski definition) is 1. The van der Waals surface area contributed by atoms with Gasteiger partial charge in [0.2, 0.25) is 0 Å². The van der Waals surface area contributed by atoms with Crippen LogP contribution in [0.1, 0.15) is 42.0 Å². The summed E-state index contributed by atoms with van der Waals surface area (Å²) in [7, 11) is 0. The van der Waals surface area contributed by atoms with Gasteiger partial charge < -0.3 is 10.2 Å². The lowest BCUT2D eigenvalue weighted by atomic mass is 10.2. The highest BCUT2D eigenvalue weighted by atomic mass is 19.1. The molecule has 1 amide bonds. The van der Waals surface area contributed by atoms with Gasteiger partial charge in [-0.15, -0.1) is 0 Å². The number of aromatic nitrogens is 2. The third kappa shape index (κ3) is 4.29. The standard InChI is InChI=1S/C18H20F2N4O/c1-12-21-16(11-17(22-12)24-8-4-2-3-5-9-24)18(25)23-15-7-6-13(19)10-14(15)20/h6-7,10-11H,2-5,8-9H2,1H3,(H,23,25). The lowest BCUT2D eigenvalue weighted by Crippen LogP contribution is -2.26. The van der Waals surface area contributed by atoms with Crippen LogP contribution in [0.15, 0.2) is 24.3 Å². The van der Waals surface area contributed by atoms with E-state index in [1.165, 1.54) is 18.9 Å². The van der Waals surface area contributed by atoms with Gasteiger partial charge >= 0.3 is 0 Å². The van der Waals surface area contributed by atoms with Gasteiger partial charge in [0.1, 0.15) is 29.0 Å². The molecule has 1 aromatic heterocycles. The maximum absolute atomic E-state index is 13.7. The molecule has 0 aliphatic carbocycles. The second-order valence-corrected chi connectivity index (χ2v) is 6.14. The van der Waals surface area contributed by atoms with Crippen LogP contribution in [0.4, 0.5) is 20.3 Å². The molecule has 0 spiro atoms. The molecule has 1 aromatic carbocycles. The molecule has 0 radical (unpaired) electrons. The van der Waals surface area contributed by atoms with E-state index in [0.29, 0.717) is 11.6 Å². The second-order valence-electron chi connectivity index (χ2n) is 6.14. The van der Waals surface area contributed by atoms with Crippen LogP contribution in [-0.2, 0) is 0 Å². The fourth-order valence-electron chi connectivity index (χ4n) is 2.91. The fraction of sp³-hybridized carbons (Fsp3) is 0.389. The first-order valence-corrected chi connectivity index (χ1v) is 8.40. The first-order chi connectivity index (χ1) is 12.0. The normalized spacial score (nSPS) is 14.9. The predicted molar refractivity (Wildman–Crippen MR) is 91.8 cm³/mol.